The van der Waals surface area contributed by atoms with Gasteiger partial charge in [0.1, 0.15) is 16.3 Å². The standard InChI is InChI=1S/C25H25N3O3S/c1-6-30-23-16(4)24-20(21(13-31-24)18-9-7-14(2)8-10-18)12-19(23)15(3)11-22(29)26-25-28-27-17(5)32-25/h7-13H,6H2,1-5H3,(H,26,28,29)/b15-11+. The number of aryl methyl sites for hydroxylation is 3. The number of benzene rings is 2. The van der Waals surface area contributed by atoms with Crippen LogP contribution < -0.4 is 10.1 Å². The molecule has 164 valence electrons. The highest BCUT2D eigenvalue weighted by Gasteiger charge is 2.19. The minimum atomic E-state index is -0.259. The number of aromatic nitrogens is 2. The molecule has 0 unspecified atom stereocenters. The van der Waals surface area contributed by atoms with E-state index in [1.165, 1.54) is 16.9 Å². The number of nitrogens with zero attached hydrogens (tertiary/aromatic N) is 2. The van der Waals surface area contributed by atoms with Crippen molar-refractivity contribution in [1.29, 1.82) is 0 Å². The largest absolute Gasteiger partial charge is 0.493 e. The molecule has 4 aromatic rings. The highest BCUT2D eigenvalue weighted by molar-refractivity contribution is 7.15. The maximum Gasteiger partial charge on any atom is 0.250 e. The molecule has 4 rings (SSSR count). The minimum absolute atomic E-state index is 0.259. The predicted molar refractivity (Wildman–Crippen MR) is 129 cm³/mol. The first-order chi connectivity index (χ1) is 15.4. The van der Waals surface area contributed by atoms with E-state index in [-0.39, 0.29) is 5.91 Å². The summed E-state index contributed by atoms with van der Waals surface area (Å²) in [4.78, 5) is 12.6. The van der Waals surface area contributed by atoms with E-state index in [0.29, 0.717) is 11.7 Å². The van der Waals surface area contributed by atoms with Crippen LogP contribution in [0.4, 0.5) is 5.13 Å². The van der Waals surface area contributed by atoms with Crippen molar-refractivity contribution in [3.05, 3.63) is 64.4 Å². The van der Waals surface area contributed by atoms with Crippen molar-refractivity contribution in [1.82, 2.24) is 10.2 Å². The summed E-state index contributed by atoms with van der Waals surface area (Å²) in [6.07, 6.45) is 3.34. The van der Waals surface area contributed by atoms with Crippen LogP contribution in [-0.2, 0) is 4.79 Å². The summed E-state index contributed by atoms with van der Waals surface area (Å²) in [5, 5.41) is 12.9. The highest BCUT2D eigenvalue weighted by atomic mass is 32.1. The number of ether oxygens (including phenoxy) is 1. The Bertz CT molecular complexity index is 1320. The lowest BCUT2D eigenvalue weighted by molar-refractivity contribution is -0.111. The lowest BCUT2D eigenvalue weighted by Gasteiger charge is -2.15. The maximum atomic E-state index is 12.6. The van der Waals surface area contributed by atoms with Gasteiger partial charge in [-0.1, -0.05) is 41.2 Å². The van der Waals surface area contributed by atoms with Gasteiger partial charge in [0.25, 0.3) is 0 Å². The van der Waals surface area contributed by atoms with Crippen LogP contribution in [0, 0.1) is 20.8 Å². The predicted octanol–water partition coefficient (Wildman–Crippen LogP) is 6.32. The molecule has 6 nitrogen and oxygen atoms in total. The van der Waals surface area contributed by atoms with E-state index in [1.807, 2.05) is 33.8 Å². The molecule has 0 aliphatic heterocycles. The first-order valence-electron chi connectivity index (χ1n) is 10.4. The van der Waals surface area contributed by atoms with E-state index in [0.717, 1.165) is 49.6 Å². The molecule has 0 saturated heterocycles. The lowest BCUT2D eigenvalue weighted by Crippen LogP contribution is -2.08. The summed E-state index contributed by atoms with van der Waals surface area (Å²) >= 11 is 1.34. The van der Waals surface area contributed by atoms with Gasteiger partial charge < -0.3 is 9.15 Å². The summed E-state index contributed by atoms with van der Waals surface area (Å²) in [6.45, 7) is 10.2. The van der Waals surface area contributed by atoms with Gasteiger partial charge in [-0.25, -0.2) is 0 Å². The van der Waals surface area contributed by atoms with Crippen LogP contribution in [0.15, 0.2) is 47.1 Å². The first-order valence-corrected chi connectivity index (χ1v) is 11.2. The van der Waals surface area contributed by atoms with E-state index in [2.05, 4.69) is 46.7 Å². The molecule has 2 aromatic carbocycles. The third-order valence-corrected chi connectivity index (χ3v) is 5.98. The summed E-state index contributed by atoms with van der Waals surface area (Å²) in [7, 11) is 0. The number of anilines is 1. The molecule has 2 heterocycles. The van der Waals surface area contributed by atoms with Crippen LogP contribution in [-0.4, -0.2) is 22.7 Å². The molecule has 1 amide bonds. The summed E-state index contributed by atoms with van der Waals surface area (Å²) in [6, 6.07) is 10.4. The number of carbonyl (C=O) groups excluding carboxylic acids is 1. The second kappa shape index (κ2) is 8.96. The van der Waals surface area contributed by atoms with Gasteiger partial charge >= 0.3 is 0 Å². The molecular formula is C25H25N3O3S. The second-order valence-electron chi connectivity index (χ2n) is 7.65. The number of rotatable bonds is 6. The number of nitrogens with one attached hydrogen (secondary N) is 1. The number of hydrogen-bond acceptors (Lipinski definition) is 6. The summed E-state index contributed by atoms with van der Waals surface area (Å²) in [5.41, 5.74) is 6.62. The van der Waals surface area contributed by atoms with Crippen LogP contribution in [0.5, 0.6) is 5.75 Å². The topological polar surface area (TPSA) is 77.2 Å². The molecule has 0 saturated carbocycles. The van der Waals surface area contributed by atoms with Crippen molar-refractivity contribution in [3.8, 4) is 16.9 Å². The second-order valence-corrected chi connectivity index (χ2v) is 8.83. The molecule has 0 aliphatic carbocycles. The van der Waals surface area contributed by atoms with E-state index >= 15 is 0 Å². The van der Waals surface area contributed by atoms with Crippen LogP contribution in [0.2, 0.25) is 0 Å². The number of carbonyl (C=O) groups is 1. The number of allylic oxidation sites excluding steroid dienone is 1. The number of furan rings is 1. The van der Waals surface area contributed by atoms with Crippen molar-refractivity contribution in [2.45, 2.75) is 34.6 Å². The van der Waals surface area contributed by atoms with Gasteiger partial charge in [-0.05, 0) is 51.8 Å². The average Bonchev–Trinajstić information content (AvgIpc) is 3.36. The van der Waals surface area contributed by atoms with E-state index in [9.17, 15) is 4.79 Å². The van der Waals surface area contributed by atoms with Crippen molar-refractivity contribution in [2.24, 2.45) is 0 Å². The molecule has 32 heavy (non-hydrogen) atoms. The van der Waals surface area contributed by atoms with Crippen molar-refractivity contribution < 1.29 is 13.9 Å². The molecule has 2 aromatic heterocycles. The quantitative estimate of drug-likeness (QED) is 0.350. The Morgan fingerprint density at radius 1 is 1.19 bits per heavy atom. The maximum absolute atomic E-state index is 12.6. The first kappa shape index (κ1) is 21.8. The molecule has 0 bridgehead atoms. The number of fused-ring (bicyclic) bond motifs is 1. The normalized spacial score (nSPS) is 11.7. The van der Waals surface area contributed by atoms with Crippen molar-refractivity contribution in [3.63, 3.8) is 0 Å². The SMILES string of the molecule is CCOc1c(/C(C)=C/C(=O)Nc2nnc(C)s2)cc2c(-c3ccc(C)cc3)coc2c1C. The van der Waals surface area contributed by atoms with Gasteiger partial charge in [0, 0.05) is 28.2 Å². The highest BCUT2D eigenvalue weighted by Crippen LogP contribution is 2.40. The summed E-state index contributed by atoms with van der Waals surface area (Å²) in [5.74, 6) is 0.461. The Balaban J connectivity index is 1.79. The van der Waals surface area contributed by atoms with E-state index < -0.39 is 0 Å². The Morgan fingerprint density at radius 2 is 1.94 bits per heavy atom. The Kier molecular flexibility index (Phi) is 6.10. The molecule has 0 spiro atoms. The molecule has 1 N–H and O–H groups in total. The zero-order valence-electron chi connectivity index (χ0n) is 18.8. The van der Waals surface area contributed by atoms with Crippen molar-refractivity contribution in [2.75, 3.05) is 11.9 Å². The van der Waals surface area contributed by atoms with Gasteiger partial charge in [-0.15, -0.1) is 10.2 Å². The molecular weight excluding hydrogens is 422 g/mol. The van der Waals surface area contributed by atoms with Crippen molar-refractivity contribution >= 4 is 38.9 Å². The fraction of sp³-hybridized carbons (Fsp3) is 0.240. The minimum Gasteiger partial charge on any atom is -0.493 e. The number of amides is 1. The zero-order valence-corrected chi connectivity index (χ0v) is 19.6. The molecule has 0 radical (unpaired) electrons. The molecule has 0 aliphatic rings. The van der Waals surface area contributed by atoms with E-state index in [4.69, 9.17) is 9.15 Å². The Hall–Kier alpha value is -3.45. The molecule has 7 heteroatoms. The lowest BCUT2D eigenvalue weighted by atomic mass is 9.96. The van der Waals surface area contributed by atoms with Crippen LogP contribution >= 0.6 is 11.3 Å². The average molecular weight is 448 g/mol. The van der Waals surface area contributed by atoms with Gasteiger partial charge in [-0.3, -0.25) is 10.1 Å². The van der Waals surface area contributed by atoms with Crippen LogP contribution in [0.25, 0.3) is 27.7 Å². The van der Waals surface area contributed by atoms with Gasteiger partial charge in [0.2, 0.25) is 11.0 Å². The summed E-state index contributed by atoms with van der Waals surface area (Å²) < 4.78 is 11.9. The zero-order chi connectivity index (χ0) is 22.8. The molecule has 0 atom stereocenters. The molecule has 0 fully saturated rings. The third-order valence-electron chi connectivity index (χ3n) is 5.22. The number of hydrogen-bond donors (Lipinski definition) is 1. The Labute approximate surface area is 190 Å². The van der Waals surface area contributed by atoms with Gasteiger partial charge in [0.05, 0.1) is 12.9 Å². The van der Waals surface area contributed by atoms with Crippen LogP contribution in [0.1, 0.15) is 35.5 Å². The smallest absolute Gasteiger partial charge is 0.250 e. The fourth-order valence-electron chi connectivity index (χ4n) is 3.66. The fourth-order valence-corrected chi connectivity index (χ4v) is 4.25. The Morgan fingerprint density at radius 3 is 2.59 bits per heavy atom. The van der Waals surface area contributed by atoms with Gasteiger partial charge in [0.15, 0.2) is 0 Å². The van der Waals surface area contributed by atoms with Gasteiger partial charge in [-0.2, -0.15) is 0 Å². The van der Waals surface area contributed by atoms with E-state index in [1.54, 1.807) is 12.3 Å². The monoisotopic (exact) mass is 447 g/mol. The third kappa shape index (κ3) is 4.29. The van der Waals surface area contributed by atoms with Crippen LogP contribution in [0.3, 0.4) is 0 Å².